The predicted octanol–water partition coefficient (Wildman–Crippen LogP) is 4.74. The summed E-state index contributed by atoms with van der Waals surface area (Å²) in [7, 11) is 0. The minimum absolute atomic E-state index is 0.0400. The first-order valence-electron chi connectivity index (χ1n) is 12.1. The van der Waals surface area contributed by atoms with Crippen molar-refractivity contribution in [3.05, 3.63) is 95.9 Å². The molecule has 1 amide bonds. The molecule has 184 valence electrons. The SMILES string of the molecule is O=C(O)c1cnn2c(Nc3cccc4cccnc34)c(C(=O)N3CCC(c4ccccc4)CC3)cnc12. The number of likely N-dealkylation sites (tertiary alicyclic amines) is 1. The van der Waals surface area contributed by atoms with Crippen LogP contribution in [0.5, 0.6) is 0 Å². The maximum absolute atomic E-state index is 13.8. The summed E-state index contributed by atoms with van der Waals surface area (Å²) in [6.07, 6.45) is 6.13. The Balaban J connectivity index is 1.37. The van der Waals surface area contributed by atoms with Crippen molar-refractivity contribution in [2.75, 3.05) is 18.4 Å². The number of carboxylic acids is 1. The van der Waals surface area contributed by atoms with Gasteiger partial charge in [-0.25, -0.2) is 9.78 Å². The number of carboxylic acid groups (broad SMARTS) is 1. The zero-order valence-corrected chi connectivity index (χ0v) is 19.9. The summed E-state index contributed by atoms with van der Waals surface area (Å²) >= 11 is 0. The van der Waals surface area contributed by atoms with Crippen LogP contribution in [-0.4, -0.2) is 54.6 Å². The van der Waals surface area contributed by atoms with Crippen LogP contribution in [0, 0.1) is 0 Å². The number of aromatic carboxylic acids is 1. The van der Waals surface area contributed by atoms with Crippen molar-refractivity contribution < 1.29 is 14.7 Å². The van der Waals surface area contributed by atoms with Crippen LogP contribution < -0.4 is 5.32 Å². The first kappa shape index (κ1) is 22.7. The van der Waals surface area contributed by atoms with Crippen molar-refractivity contribution in [3.63, 3.8) is 0 Å². The monoisotopic (exact) mass is 492 g/mol. The molecule has 6 rings (SSSR count). The number of rotatable bonds is 5. The van der Waals surface area contributed by atoms with E-state index in [9.17, 15) is 14.7 Å². The molecule has 5 aromatic rings. The topological polar surface area (TPSA) is 113 Å². The normalized spacial score (nSPS) is 14.2. The van der Waals surface area contributed by atoms with E-state index in [1.807, 2.05) is 53.4 Å². The summed E-state index contributed by atoms with van der Waals surface area (Å²) in [5, 5.41) is 18.1. The number of hydrogen-bond donors (Lipinski definition) is 2. The van der Waals surface area contributed by atoms with E-state index in [1.54, 1.807) is 6.20 Å². The van der Waals surface area contributed by atoms with E-state index in [-0.39, 0.29) is 17.1 Å². The van der Waals surface area contributed by atoms with Gasteiger partial charge in [-0.05, 0) is 36.5 Å². The number of nitrogens with one attached hydrogen (secondary N) is 1. The second-order valence-electron chi connectivity index (χ2n) is 9.10. The number of benzene rings is 2. The summed E-state index contributed by atoms with van der Waals surface area (Å²) < 4.78 is 1.38. The molecule has 0 unspecified atom stereocenters. The average molecular weight is 493 g/mol. The van der Waals surface area contributed by atoms with Crippen LogP contribution in [0.25, 0.3) is 16.6 Å². The van der Waals surface area contributed by atoms with E-state index in [1.165, 1.54) is 22.5 Å². The molecule has 0 spiro atoms. The molecule has 2 N–H and O–H groups in total. The van der Waals surface area contributed by atoms with E-state index < -0.39 is 5.97 Å². The molecule has 1 aliphatic heterocycles. The molecule has 1 aliphatic rings. The van der Waals surface area contributed by atoms with Gasteiger partial charge in [-0.3, -0.25) is 9.78 Å². The highest BCUT2D eigenvalue weighted by Crippen LogP contribution is 2.31. The molecule has 1 saturated heterocycles. The van der Waals surface area contributed by atoms with Crippen LogP contribution in [0.3, 0.4) is 0 Å². The largest absolute Gasteiger partial charge is 0.477 e. The summed E-state index contributed by atoms with van der Waals surface area (Å²) in [4.78, 5) is 36.2. The van der Waals surface area contributed by atoms with Gasteiger partial charge in [0.25, 0.3) is 5.91 Å². The van der Waals surface area contributed by atoms with Crippen LogP contribution in [-0.2, 0) is 0 Å². The molecule has 0 atom stereocenters. The van der Waals surface area contributed by atoms with Gasteiger partial charge in [-0.15, -0.1) is 0 Å². The van der Waals surface area contributed by atoms with Crippen molar-refractivity contribution in [1.29, 1.82) is 0 Å². The van der Waals surface area contributed by atoms with Gasteiger partial charge >= 0.3 is 5.97 Å². The Bertz CT molecular complexity index is 1620. The second kappa shape index (κ2) is 9.34. The third-order valence-electron chi connectivity index (χ3n) is 6.93. The third kappa shape index (κ3) is 4.14. The van der Waals surface area contributed by atoms with Crippen LogP contribution in [0.15, 0.2) is 79.3 Å². The summed E-state index contributed by atoms with van der Waals surface area (Å²) in [5.74, 6) is -0.549. The number of amides is 1. The number of piperidine rings is 1. The van der Waals surface area contributed by atoms with Gasteiger partial charge in [0.05, 0.1) is 17.4 Å². The van der Waals surface area contributed by atoms with Gasteiger partial charge in [0, 0.05) is 30.9 Å². The first-order chi connectivity index (χ1) is 18.1. The Morgan fingerprint density at radius 1 is 0.892 bits per heavy atom. The van der Waals surface area contributed by atoms with Gasteiger partial charge in [0.2, 0.25) is 0 Å². The van der Waals surface area contributed by atoms with Gasteiger partial charge in [0.15, 0.2) is 5.65 Å². The lowest BCUT2D eigenvalue weighted by atomic mass is 9.89. The zero-order chi connectivity index (χ0) is 25.4. The Labute approximate surface area is 212 Å². The minimum Gasteiger partial charge on any atom is -0.477 e. The number of nitrogens with zero attached hydrogens (tertiary/aromatic N) is 5. The van der Waals surface area contributed by atoms with Crippen LogP contribution in [0.1, 0.15) is 45.0 Å². The van der Waals surface area contributed by atoms with Gasteiger partial charge < -0.3 is 15.3 Å². The summed E-state index contributed by atoms with van der Waals surface area (Å²) in [6, 6.07) is 19.9. The first-order valence-corrected chi connectivity index (χ1v) is 12.1. The van der Waals surface area contributed by atoms with Crippen molar-refractivity contribution in [2.24, 2.45) is 0 Å². The van der Waals surface area contributed by atoms with Gasteiger partial charge in [-0.2, -0.15) is 9.61 Å². The molecular formula is C28H24N6O3. The molecule has 0 bridgehead atoms. The fraction of sp³-hybridized carbons (Fsp3) is 0.179. The quantitative estimate of drug-likeness (QED) is 0.364. The van der Waals surface area contributed by atoms with E-state index in [4.69, 9.17) is 0 Å². The average Bonchev–Trinajstić information content (AvgIpc) is 3.39. The standard InChI is InChI=1S/C28H24N6O3/c35-27(33-14-11-19(12-15-33)18-6-2-1-3-7-18)21-16-30-25-22(28(36)37)17-31-34(25)26(21)32-23-10-4-8-20-9-5-13-29-24(20)23/h1-10,13,16-17,19,32H,11-12,14-15H2,(H,36,37). The molecule has 9 nitrogen and oxygen atoms in total. The molecule has 0 aliphatic carbocycles. The number of hydrogen-bond acceptors (Lipinski definition) is 6. The lowest BCUT2D eigenvalue weighted by molar-refractivity contribution is 0.0695. The highest BCUT2D eigenvalue weighted by molar-refractivity contribution is 6.02. The molecule has 2 aromatic carbocycles. The number of carbonyl (C=O) groups is 2. The molecule has 0 radical (unpaired) electrons. The Hall–Kier alpha value is -4.79. The summed E-state index contributed by atoms with van der Waals surface area (Å²) in [6.45, 7) is 1.23. The Kier molecular flexibility index (Phi) is 5.72. The summed E-state index contributed by atoms with van der Waals surface area (Å²) in [5.41, 5.74) is 3.13. The molecule has 3 aromatic heterocycles. The van der Waals surface area contributed by atoms with Crippen LogP contribution in [0.2, 0.25) is 0 Å². The van der Waals surface area contributed by atoms with E-state index in [0.29, 0.717) is 36.1 Å². The fourth-order valence-electron chi connectivity index (χ4n) is 5.00. The number of anilines is 2. The highest BCUT2D eigenvalue weighted by Gasteiger charge is 2.28. The number of carbonyl (C=O) groups excluding carboxylic acids is 1. The maximum Gasteiger partial charge on any atom is 0.341 e. The third-order valence-corrected chi connectivity index (χ3v) is 6.93. The van der Waals surface area contributed by atoms with Crippen molar-refractivity contribution in [1.82, 2.24) is 24.5 Å². The number of aromatic nitrogens is 4. The van der Waals surface area contributed by atoms with E-state index >= 15 is 0 Å². The minimum atomic E-state index is -1.14. The van der Waals surface area contributed by atoms with Gasteiger partial charge in [0.1, 0.15) is 16.9 Å². The number of para-hydroxylation sites is 1. The lowest BCUT2D eigenvalue weighted by Gasteiger charge is -2.32. The molecule has 9 heteroatoms. The molecule has 0 saturated carbocycles. The molecule has 1 fully saturated rings. The second-order valence-corrected chi connectivity index (χ2v) is 9.10. The van der Waals surface area contributed by atoms with Crippen molar-refractivity contribution in [2.45, 2.75) is 18.8 Å². The van der Waals surface area contributed by atoms with E-state index in [2.05, 4.69) is 32.5 Å². The zero-order valence-electron chi connectivity index (χ0n) is 19.9. The van der Waals surface area contributed by atoms with Crippen LogP contribution >= 0.6 is 0 Å². The Morgan fingerprint density at radius 2 is 1.68 bits per heavy atom. The fourth-order valence-corrected chi connectivity index (χ4v) is 5.00. The van der Waals surface area contributed by atoms with Gasteiger partial charge in [-0.1, -0.05) is 48.5 Å². The molecule has 37 heavy (non-hydrogen) atoms. The Morgan fingerprint density at radius 3 is 2.46 bits per heavy atom. The van der Waals surface area contributed by atoms with Crippen molar-refractivity contribution >= 4 is 39.9 Å². The van der Waals surface area contributed by atoms with Crippen molar-refractivity contribution in [3.8, 4) is 0 Å². The van der Waals surface area contributed by atoms with E-state index in [0.717, 1.165) is 23.7 Å². The number of pyridine rings is 1. The smallest absolute Gasteiger partial charge is 0.341 e. The highest BCUT2D eigenvalue weighted by atomic mass is 16.4. The molecule has 4 heterocycles. The predicted molar refractivity (Wildman–Crippen MR) is 139 cm³/mol. The lowest BCUT2D eigenvalue weighted by Crippen LogP contribution is -2.38. The van der Waals surface area contributed by atoms with Crippen LogP contribution in [0.4, 0.5) is 11.5 Å². The molecular weight excluding hydrogens is 468 g/mol. The maximum atomic E-state index is 13.8. The number of fused-ring (bicyclic) bond motifs is 2.